The Morgan fingerprint density at radius 2 is 2.38 bits per heavy atom. The van der Waals surface area contributed by atoms with E-state index in [1.54, 1.807) is 11.0 Å². The fourth-order valence-electron chi connectivity index (χ4n) is 1.98. The summed E-state index contributed by atoms with van der Waals surface area (Å²) in [4.78, 5) is 23.6. The van der Waals surface area contributed by atoms with Crippen molar-refractivity contribution in [1.29, 1.82) is 0 Å². The lowest BCUT2D eigenvalue weighted by atomic mass is 10.3. The first-order valence-corrected chi connectivity index (χ1v) is 6.47. The highest BCUT2D eigenvalue weighted by molar-refractivity contribution is 5.77. The van der Waals surface area contributed by atoms with Gasteiger partial charge in [-0.2, -0.15) is 0 Å². The summed E-state index contributed by atoms with van der Waals surface area (Å²) >= 11 is 0. The molecule has 114 valence electrons. The molecule has 1 saturated heterocycles. The number of hydrogen-bond donors (Lipinski definition) is 1. The summed E-state index contributed by atoms with van der Waals surface area (Å²) < 4.78 is 10.5. The van der Waals surface area contributed by atoms with Crippen LogP contribution in [0.3, 0.4) is 0 Å². The Morgan fingerprint density at radius 3 is 3.10 bits per heavy atom. The number of amides is 1. The van der Waals surface area contributed by atoms with Gasteiger partial charge in [0, 0.05) is 19.2 Å². The molecular weight excluding hydrogens is 280 g/mol. The SMILES string of the molecule is O=C(COc1cccc([N+](=O)[O-])c1)N1CCOC(CO)C1. The van der Waals surface area contributed by atoms with Gasteiger partial charge in [-0.15, -0.1) is 0 Å². The van der Waals surface area contributed by atoms with E-state index < -0.39 is 4.92 Å². The second-order valence-corrected chi connectivity index (χ2v) is 4.56. The Kier molecular flexibility index (Phi) is 5.07. The molecular formula is C13H16N2O6. The van der Waals surface area contributed by atoms with Gasteiger partial charge in [0.15, 0.2) is 6.61 Å². The number of morpholine rings is 1. The average molecular weight is 296 g/mol. The van der Waals surface area contributed by atoms with Crippen LogP contribution in [-0.4, -0.2) is 59.9 Å². The topological polar surface area (TPSA) is 102 Å². The zero-order valence-electron chi connectivity index (χ0n) is 11.3. The summed E-state index contributed by atoms with van der Waals surface area (Å²) in [6, 6.07) is 5.66. The molecule has 1 atom stereocenters. The maximum absolute atomic E-state index is 12.0. The van der Waals surface area contributed by atoms with E-state index in [1.165, 1.54) is 18.2 Å². The van der Waals surface area contributed by atoms with Gasteiger partial charge in [0.25, 0.3) is 11.6 Å². The van der Waals surface area contributed by atoms with Crippen molar-refractivity contribution in [3.05, 3.63) is 34.4 Å². The number of nitro groups is 1. The number of rotatable bonds is 5. The van der Waals surface area contributed by atoms with Gasteiger partial charge >= 0.3 is 0 Å². The number of ether oxygens (including phenoxy) is 2. The summed E-state index contributed by atoms with van der Waals surface area (Å²) in [6.45, 7) is 0.768. The quantitative estimate of drug-likeness (QED) is 0.615. The lowest BCUT2D eigenvalue weighted by Gasteiger charge is -2.31. The summed E-state index contributed by atoms with van der Waals surface area (Å²) in [6.07, 6.45) is -0.375. The first kappa shape index (κ1) is 15.2. The zero-order valence-corrected chi connectivity index (χ0v) is 11.3. The van der Waals surface area contributed by atoms with Crippen molar-refractivity contribution in [1.82, 2.24) is 4.90 Å². The fraction of sp³-hybridized carbons (Fsp3) is 0.462. The standard InChI is InChI=1S/C13H16N2O6/c16-8-12-7-14(4-5-20-12)13(17)9-21-11-3-1-2-10(6-11)15(18)19/h1-3,6,12,16H,4-5,7-9H2. The molecule has 8 nitrogen and oxygen atoms in total. The minimum absolute atomic E-state index is 0.0910. The molecule has 1 amide bonds. The zero-order chi connectivity index (χ0) is 15.2. The predicted octanol–water partition coefficient (Wildman–Crippen LogP) is 0.193. The fourth-order valence-corrected chi connectivity index (χ4v) is 1.98. The summed E-state index contributed by atoms with van der Waals surface area (Å²) in [5.74, 6) is 0.0211. The van der Waals surface area contributed by atoms with Crippen LogP contribution in [0.15, 0.2) is 24.3 Å². The summed E-state index contributed by atoms with van der Waals surface area (Å²) in [5, 5.41) is 19.7. The van der Waals surface area contributed by atoms with Crippen LogP contribution in [0.5, 0.6) is 5.75 Å². The molecule has 1 unspecified atom stereocenters. The van der Waals surface area contributed by atoms with Crippen molar-refractivity contribution in [2.75, 3.05) is 32.9 Å². The van der Waals surface area contributed by atoms with Crippen molar-refractivity contribution in [3.63, 3.8) is 0 Å². The van der Waals surface area contributed by atoms with Crippen LogP contribution in [0.4, 0.5) is 5.69 Å². The van der Waals surface area contributed by atoms with Crippen LogP contribution in [0, 0.1) is 10.1 Å². The number of carbonyl (C=O) groups excluding carboxylic acids is 1. The Balaban J connectivity index is 1.89. The lowest BCUT2D eigenvalue weighted by Crippen LogP contribution is -2.48. The molecule has 1 aromatic rings. The average Bonchev–Trinajstić information content (AvgIpc) is 2.53. The van der Waals surface area contributed by atoms with Crippen LogP contribution in [0.2, 0.25) is 0 Å². The van der Waals surface area contributed by atoms with Crippen LogP contribution in [-0.2, 0) is 9.53 Å². The molecule has 0 bridgehead atoms. The predicted molar refractivity (Wildman–Crippen MR) is 72.0 cm³/mol. The molecule has 0 spiro atoms. The van der Waals surface area contributed by atoms with Gasteiger partial charge in [0.2, 0.25) is 0 Å². The molecule has 1 aromatic carbocycles. The molecule has 1 aliphatic heterocycles. The van der Waals surface area contributed by atoms with E-state index in [0.717, 1.165) is 0 Å². The van der Waals surface area contributed by atoms with E-state index in [4.69, 9.17) is 14.6 Å². The van der Waals surface area contributed by atoms with Gasteiger partial charge in [-0.3, -0.25) is 14.9 Å². The molecule has 21 heavy (non-hydrogen) atoms. The van der Waals surface area contributed by atoms with Crippen molar-refractivity contribution >= 4 is 11.6 Å². The van der Waals surface area contributed by atoms with E-state index in [9.17, 15) is 14.9 Å². The Hall–Kier alpha value is -2.19. The number of benzene rings is 1. The smallest absolute Gasteiger partial charge is 0.273 e. The third kappa shape index (κ3) is 4.14. The molecule has 0 radical (unpaired) electrons. The lowest BCUT2D eigenvalue weighted by molar-refractivity contribution is -0.384. The molecule has 0 aromatic heterocycles. The number of nitrogens with zero attached hydrogens (tertiary/aromatic N) is 2. The number of carbonyl (C=O) groups is 1. The van der Waals surface area contributed by atoms with E-state index in [-0.39, 0.29) is 36.7 Å². The highest BCUT2D eigenvalue weighted by Crippen LogP contribution is 2.19. The van der Waals surface area contributed by atoms with Crippen molar-refractivity contribution in [3.8, 4) is 5.75 Å². The maximum atomic E-state index is 12.0. The van der Waals surface area contributed by atoms with Crippen LogP contribution in [0.25, 0.3) is 0 Å². The van der Waals surface area contributed by atoms with Gasteiger partial charge < -0.3 is 19.5 Å². The number of non-ortho nitro benzene ring substituents is 1. The van der Waals surface area contributed by atoms with Crippen molar-refractivity contribution in [2.24, 2.45) is 0 Å². The third-order valence-corrected chi connectivity index (χ3v) is 3.09. The summed E-state index contributed by atoms with van der Waals surface area (Å²) in [5.41, 5.74) is -0.0910. The first-order chi connectivity index (χ1) is 10.1. The molecule has 0 aliphatic carbocycles. The number of aliphatic hydroxyl groups is 1. The van der Waals surface area contributed by atoms with Gasteiger partial charge in [0.1, 0.15) is 5.75 Å². The molecule has 1 aliphatic rings. The largest absolute Gasteiger partial charge is 0.484 e. The van der Waals surface area contributed by atoms with Gasteiger partial charge in [0.05, 0.1) is 30.3 Å². The van der Waals surface area contributed by atoms with E-state index in [1.807, 2.05) is 0 Å². The summed E-state index contributed by atoms with van der Waals surface area (Å²) in [7, 11) is 0. The van der Waals surface area contributed by atoms with Crippen LogP contribution < -0.4 is 4.74 Å². The number of hydrogen-bond acceptors (Lipinski definition) is 6. The maximum Gasteiger partial charge on any atom is 0.273 e. The molecule has 8 heteroatoms. The van der Waals surface area contributed by atoms with Crippen molar-refractivity contribution in [2.45, 2.75) is 6.10 Å². The molecule has 1 heterocycles. The molecule has 1 N–H and O–H groups in total. The van der Waals surface area contributed by atoms with Crippen molar-refractivity contribution < 1.29 is 24.3 Å². The van der Waals surface area contributed by atoms with E-state index in [2.05, 4.69) is 0 Å². The minimum Gasteiger partial charge on any atom is -0.484 e. The minimum atomic E-state index is -0.525. The van der Waals surface area contributed by atoms with Crippen LogP contribution in [0.1, 0.15) is 0 Å². The molecule has 1 fully saturated rings. The van der Waals surface area contributed by atoms with Crippen LogP contribution >= 0.6 is 0 Å². The number of nitro benzene ring substituents is 1. The van der Waals surface area contributed by atoms with Gasteiger partial charge in [-0.05, 0) is 6.07 Å². The Labute approximate surface area is 121 Å². The third-order valence-electron chi connectivity index (χ3n) is 3.09. The monoisotopic (exact) mass is 296 g/mol. The first-order valence-electron chi connectivity index (χ1n) is 6.47. The Morgan fingerprint density at radius 1 is 1.57 bits per heavy atom. The van der Waals surface area contributed by atoms with Gasteiger partial charge in [-0.1, -0.05) is 6.07 Å². The Bertz CT molecular complexity index is 521. The normalized spacial score (nSPS) is 18.3. The molecule has 0 saturated carbocycles. The highest BCUT2D eigenvalue weighted by Gasteiger charge is 2.23. The second kappa shape index (κ2) is 7.00. The highest BCUT2D eigenvalue weighted by atomic mass is 16.6. The van der Waals surface area contributed by atoms with E-state index >= 15 is 0 Å². The second-order valence-electron chi connectivity index (χ2n) is 4.56. The van der Waals surface area contributed by atoms with Gasteiger partial charge in [-0.25, -0.2) is 0 Å². The van der Waals surface area contributed by atoms with E-state index in [0.29, 0.717) is 19.7 Å². The number of aliphatic hydroxyl groups excluding tert-OH is 1. The molecule has 2 rings (SSSR count).